The normalized spacial score (nSPS) is 22.8. The number of hydrogen-bond acceptors (Lipinski definition) is 24. The fraction of sp³-hybridized carbons (Fsp3) is 0.457. The van der Waals surface area contributed by atoms with Crippen LogP contribution in [-0.4, -0.2) is 190 Å². The van der Waals surface area contributed by atoms with Crippen LogP contribution >= 0.6 is 0 Å². The summed E-state index contributed by atoms with van der Waals surface area (Å²) in [7, 11) is 0. The molecule has 8 atom stereocenters. The fourth-order valence-corrected chi connectivity index (χ4v) is 18.3. The van der Waals surface area contributed by atoms with Crippen molar-refractivity contribution >= 4 is 66.7 Å². The molecule has 117 heavy (non-hydrogen) atoms. The van der Waals surface area contributed by atoms with Crippen molar-refractivity contribution in [2.75, 3.05) is 52.9 Å². The van der Waals surface area contributed by atoms with E-state index in [9.17, 15) is 19.2 Å². The van der Waals surface area contributed by atoms with Crippen molar-refractivity contribution in [2.24, 2.45) is 0 Å². The average molecular weight is 1580 g/mol. The van der Waals surface area contributed by atoms with E-state index in [0.717, 1.165) is 177 Å². The van der Waals surface area contributed by atoms with Gasteiger partial charge in [-0.3, -0.25) is 19.2 Å². The van der Waals surface area contributed by atoms with E-state index in [-0.39, 0.29) is 93.7 Å². The molecular formula is C81H86N28O8. The number of fused-ring (bicyclic) bond motifs is 8. The van der Waals surface area contributed by atoms with Gasteiger partial charge in [-0.1, -0.05) is 0 Å². The van der Waals surface area contributed by atoms with E-state index in [1.165, 1.54) is 0 Å². The van der Waals surface area contributed by atoms with Gasteiger partial charge in [0.1, 0.15) is 44.8 Å². The molecule has 0 spiro atoms. The average Bonchev–Trinajstić information content (AvgIpc) is 1.65. The molecule has 4 N–H and O–H groups in total. The third-order valence-corrected chi connectivity index (χ3v) is 25.3. The Morgan fingerprint density at radius 1 is 0.299 bits per heavy atom. The largest absolute Gasteiger partial charge is 0.381 e. The van der Waals surface area contributed by atoms with Crippen LogP contribution in [0.5, 0.6) is 0 Å². The maximum absolute atomic E-state index is 12.8. The van der Waals surface area contributed by atoms with Crippen LogP contribution in [-0.2, 0) is 18.9 Å². The molecule has 0 aromatic carbocycles. The van der Waals surface area contributed by atoms with Crippen molar-refractivity contribution in [3.8, 4) is 0 Å². The predicted molar refractivity (Wildman–Crippen MR) is 425 cm³/mol. The Kier molecular flexibility index (Phi) is 18.8. The first kappa shape index (κ1) is 72.4. The van der Waals surface area contributed by atoms with Gasteiger partial charge in [0.25, 0.3) is 22.2 Å². The second-order valence-corrected chi connectivity index (χ2v) is 32.1. The van der Waals surface area contributed by atoms with Gasteiger partial charge in [0, 0.05) is 119 Å². The molecule has 16 aromatic heterocycles. The van der Waals surface area contributed by atoms with Gasteiger partial charge in [-0.25, -0.2) is 76.7 Å². The topological polar surface area (TPSA) is 412 Å². The summed E-state index contributed by atoms with van der Waals surface area (Å²) in [5, 5.41) is 37.6. The van der Waals surface area contributed by atoms with Gasteiger partial charge in [0.15, 0.2) is 45.2 Å². The highest BCUT2D eigenvalue weighted by atomic mass is 16.5. The highest BCUT2D eigenvalue weighted by Gasteiger charge is 2.42. The predicted octanol–water partition coefficient (Wildman–Crippen LogP) is 9.01. The van der Waals surface area contributed by atoms with Gasteiger partial charge in [-0.15, -0.1) is 0 Å². The number of hydrogen-bond donors (Lipinski definition) is 4. The van der Waals surface area contributed by atoms with Crippen molar-refractivity contribution < 1.29 is 18.9 Å². The number of nitrogens with one attached hydrogen (secondary N) is 4. The van der Waals surface area contributed by atoms with Crippen LogP contribution in [0, 0.1) is 6.92 Å². The quantitative estimate of drug-likeness (QED) is 0.0885. The van der Waals surface area contributed by atoms with Gasteiger partial charge in [0.2, 0.25) is 0 Å². The number of H-pyrrole nitrogens is 4. The molecule has 16 aromatic rings. The van der Waals surface area contributed by atoms with Crippen LogP contribution in [0.2, 0.25) is 0 Å². The van der Waals surface area contributed by atoms with Crippen molar-refractivity contribution in [2.45, 2.75) is 181 Å². The van der Waals surface area contributed by atoms with Crippen molar-refractivity contribution in [3.63, 3.8) is 0 Å². The summed E-state index contributed by atoms with van der Waals surface area (Å²) in [6.07, 6.45) is 34.8. The summed E-state index contributed by atoms with van der Waals surface area (Å²) in [6.45, 7) is 7.70. The van der Waals surface area contributed by atoms with E-state index in [2.05, 4.69) is 60.7 Å². The van der Waals surface area contributed by atoms with Gasteiger partial charge < -0.3 is 38.9 Å². The number of aromatic amines is 4. The first-order valence-corrected chi connectivity index (χ1v) is 40.9. The standard InChI is InChI=1S/C21H23N7O2.3C20H21N7O2/c1-12-2-5-18-23-17(11-27(18)26-12)14-3-4-15(14)19-24-20-16(21(29)25-19)10-22-28(20)13-6-8-30-9-7-13;3*28-20-15-10-22-27(12-5-8-29-9-6-12)19(15)24-18(25-20)14-4-3-13(14)16-11-26-17(23-16)2-1-7-21-26/h2,5,10-11,13-15H,3-4,6-9H2,1H3,(H,24,25,29);3*1-2,7,10-14H,3-6,8-9H2,(H,24,25,28)/t14-,15-;13-,14+;13-,14-;/m010./s1. The van der Waals surface area contributed by atoms with E-state index in [4.69, 9.17) is 58.8 Å². The van der Waals surface area contributed by atoms with E-state index >= 15 is 0 Å². The van der Waals surface area contributed by atoms with Gasteiger partial charge in [-0.05, 0) is 158 Å². The Morgan fingerprint density at radius 3 is 0.812 bits per heavy atom. The Hall–Kier alpha value is -12.3. The zero-order valence-electron chi connectivity index (χ0n) is 64.4. The lowest BCUT2D eigenvalue weighted by Gasteiger charge is -2.34. The Balaban J connectivity index is 0.0000000972. The van der Waals surface area contributed by atoms with E-state index in [1.54, 1.807) is 56.9 Å². The Labute approximate surface area is 663 Å². The van der Waals surface area contributed by atoms with Gasteiger partial charge >= 0.3 is 0 Å². The minimum absolute atomic E-state index is 0.119. The summed E-state index contributed by atoms with van der Waals surface area (Å²) in [5.41, 5.74) is 10.5. The molecule has 8 fully saturated rings. The molecule has 4 saturated heterocycles. The maximum Gasteiger partial charge on any atom is 0.262 e. The maximum atomic E-state index is 12.8. The highest BCUT2D eigenvalue weighted by Crippen LogP contribution is 2.51. The fourth-order valence-electron chi connectivity index (χ4n) is 18.3. The monoisotopic (exact) mass is 1580 g/mol. The second-order valence-electron chi connectivity index (χ2n) is 32.1. The first-order valence-electron chi connectivity index (χ1n) is 40.9. The Bertz CT molecular complexity index is 6060. The molecule has 598 valence electrons. The summed E-state index contributed by atoms with van der Waals surface area (Å²) < 4.78 is 36.8. The molecule has 0 radical (unpaired) electrons. The van der Waals surface area contributed by atoms with Crippen LogP contribution in [0.15, 0.2) is 136 Å². The molecule has 0 amide bonds. The lowest BCUT2D eigenvalue weighted by molar-refractivity contribution is 0.0672. The molecule has 2 unspecified atom stereocenters. The number of nitrogens with zero attached hydrogens (tertiary/aromatic N) is 24. The second kappa shape index (κ2) is 30.4. The van der Waals surface area contributed by atoms with Crippen molar-refractivity contribution in [1.82, 2.24) is 137 Å². The molecule has 0 bridgehead atoms. The van der Waals surface area contributed by atoms with Crippen LogP contribution in [0.25, 0.3) is 66.7 Å². The molecule has 36 heteroatoms. The lowest BCUT2D eigenvalue weighted by Crippen LogP contribution is -2.27. The van der Waals surface area contributed by atoms with Crippen LogP contribution in [0.1, 0.15) is 226 Å². The van der Waals surface area contributed by atoms with Gasteiger partial charge in [-0.2, -0.15) is 40.8 Å². The third-order valence-electron chi connectivity index (χ3n) is 25.3. The first-order chi connectivity index (χ1) is 57.5. The SMILES string of the molecule is Cc1ccc2nc([C@H]3CC[C@@H]3c3nc4c(cnn4C4CCOCC4)c(=O)[nH]3)cn2n1.O=c1[nH]c(C2CCC2c2cn3ncccc3n2)nc2c1cnn2C1CCOCC1.O=c1[nH]c([C@H]2CC[C@@H]2c2cn3ncccc3n2)nc2c1cnn2C1CCOCC1.O=c1[nH]c([C@H]2CC[C@H]2c2cn3ncccc3n2)nc2c1cnn2C1CCOCC1. The van der Waals surface area contributed by atoms with Crippen molar-refractivity contribution in [1.29, 1.82) is 0 Å². The molecular weight excluding hydrogens is 1490 g/mol. The van der Waals surface area contributed by atoms with E-state index in [1.807, 2.05) is 103 Å². The molecule has 36 nitrogen and oxygen atoms in total. The van der Waals surface area contributed by atoms with Crippen LogP contribution in [0.4, 0.5) is 0 Å². The number of aryl methyl sites for hydroxylation is 1. The summed E-state index contributed by atoms with van der Waals surface area (Å²) >= 11 is 0. The zero-order chi connectivity index (χ0) is 78.4. The van der Waals surface area contributed by atoms with E-state index < -0.39 is 0 Å². The smallest absolute Gasteiger partial charge is 0.262 e. The number of imidazole rings is 4. The van der Waals surface area contributed by atoms with Crippen LogP contribution < -0.4 is 22.2 Å². The summed E-state index contributed by atoms with van der Waals surface area (Å²) in [6, 6.07) is 16.4. The molecule has 4 saturated carbocycles. The summed E-state index contributed by atoms with van der Waals surface area (Å²) in [4.78, 5) is 101. The lowest BCUT2D eigenvalue weighted by atomic mass is 9.71. The molecule has 4 aliphatic carbocycles. The minimum atomic E-state index is -0.120. The van der Waals surface area contributed by atoms with Crippen LogP contribution in [0.3, 0.4) is 0 Å². The number of rotatable bonds is 12. The van der Waals surface area contributed by atoms with E-state index in [0.29, 0.717) is 97.0 Å². The Morgan fingerprint density at radius 2 is 0.556 bits per heavy atom. The third kappa shape index (κ3) is 13.5. The van der Waals surface area contributed by atoms with Gasteiger partial charge in [0.05, 0.1) is 102 Å². The highest BCUT2D eigenvalue weighted by molar-refractivity contribution is 5.76. The zero-order valence-corrected chi connectivity index (χ0v) is 64.4. The van der Waals surface area contributed by atoms with Crippen molar-refractivity contribution in [3.05, 3.63) is 210 Å². The minimum Gasteiger partial charge on any atom is -0.381 e. The molecule has 20 heterocycles. The summed E-state index contributed by atoms with van der Waals surface area (Å²) in [5.74, 6) is 4.45. The molecule has 8 aliphatic rings. The number of ether oxygens (including phenoxy) is 4. The molecule has 24 rings (SSSR count). The molecule has 4 aliphatic heterocycles. The number of aromatic nitrogens is 28.